The highest BCUT2D eigenvalue weighted by Crippen LogP contribution is 2.24. The molecule has 1 N–H and O–H groups in total. The van der Waals surface area contributed by atoms with Crippen LogP contribution in [-0.2, 0) is 0 Å². The van der Waals surface area contributed by atoms with E-state index in [1.807, 2.05) is 21.6 Å². The average molecular weight is 307 g/mol. The van der Waals surface area contributed by atoms with E-state index in [9.17, 15) is 0 Å². The van der Waals surface area contributed by atoms with Gasteiger partial charge in [0.05, 0.1) is 0 Å². The van der Waals surface area contributed by atoms with Crippen molar-refractivity contribution in [3.8, 4) is 0 Å². The van der Waals surface area contributed by atoms with Crippen molar-refractivity contribution in [3.63, 3.8) is 0 Å². The maximum absolute atomic E-state index is 8.65. The van der Waals surface area contributed by atoms with Crippen molar-refractivity contribution in [2.45, 2.75) is 84.0 Å². The Hall–Kier alpha value is 0.660. The topological polar surface area (TPSA) is 20.2 Å². The fraction of sp³-hybridized carbons (Fsp3) is 1.00. The predicted molar refractivity (Wildman–Crippen MR) is 93.1 cm³/mol. The first-order valence-electron chi connectivity index (χ1n) is 8.27. The van der Waals surface area contributed by atoms with Crippen molar-refractivity contribution in [2.24, 2.45) is 0 Å². The smallest absolute Gasteiger partial charge is 0.0431 e. The zero-order chi connectivity index (χ0) is 14.0. The summed E-state index contributed by atoms with van der Waals surface area (Å²) in [5.41, 5.74) is 0. The van der Waals surface area contributed by atoms with Crippen LogP contribution in [0, 0.1) is 0 Å². The molecule has 0 atom stereocenters. The highest BCUT2D eigenvalue weighted by Gasteiger charge is 1.94. The highest BCUT2D eigenvalue weighted by molar-refractivity contribution is 8.76. The Kier molecular flexibility index (Phi) is 19.3. The summed E-state index contributed by atoms with van der Waals surface area (Å²) in [5.74, 6) is 2.50. The molecule has 116 valence electrons. The van der Waals surface area contributed by atoms with E-state index >= 15 is 0 Å². The Morgan fingerprint density at radius 1 is 0.579 bits per heavy atom. The number of aliphatic hydroxyl groups excluding tert-OH is 1. The molecule has 0 unspecified atom stereocenters. The standard InChI is InChI=1S/C16H34OS2/c1-2-3-4-5-6-7-8-9-10-12-15-18-19-16-13-11-14-17/h17H,2-16H2,1H3. The maximum Gasteiger partial charge on any atom is 0.0431 e. The molecule has 1 nitrogen and oxygen atoms in total. The van der Waals surface area contributed by atoms with Crippen LogP contribution >= 0.6 is 21.6 Å². The minimum absolute atomic E-state index is 0.351. The fourth-order valence-corrected chi connectivity index (χ4v) is 4.33. The van der Waals surface area contributed by atoms with Gasteiger partial charge in [-0.15, -0.1) is 0 Å². The van der Waals surface area contributed by atoms with Gasteiger partial charge >= 0.3 is 0 Å². The Balaban J connectivity index is 2.88. The van der Waals surface area contributed by atoms with E-state index < -0.39 is 0 Å². The third kappa shape index (κ3) is 18.7. The van der Waals surface area contributed by atoms with Gasteiger partial charge in [-0.3, -0.25) is 0 Å². The molecule has 0 saturated heterocycles. The molecule has 3 heteroatoms. The molecular weight excluding hydrogens is 272 g/mol. The van der Waals surface area contributed by atoms with Crippen molar-refractivity contribution in [2.75, 3.05) is 18.1 Å². The zero-order valence-corrected chi connectivity index (χ0v) is 14.5. The molecule has 0 aliphatic heterocycles. The Bertz CT molecular complexity index is 138. The number of unbranched alkanes of at least 4 members (excludes halogenated alkanes) is 10. The van der Waals surface area contributed by atoms with Crippen LogP contribution in [0.25, 0.3) is 0 Å². The molecule has 0 amide bonds. The third-order valence-corrected chi connectivity index (χ3v) is 5.88. The van der Waals surface area contributed by atoms with Crippen LogP contribution in [0.2, 0.25) is 0 Å². The monoisotopic (exact) mass is 306 g/mol. The molecule has 0 fully saturated rings. The molecule has 0 rings (SSSR count). The number of aliphatic hydroxyl groups is 1. The second-order valence-electron chi connectivity index (χ2n) is 5.26. The second kappa shape index (κ2) is 18.7. The molecule has 0 aliphatic carbocycles. The molecule has 0 spiro atoms. The fourth-order valence-electron chi connectivity index (χ4n) is 2.04. The quantitative estimate of drug-likeness (QED) is 0.276. The summed E-state index contributed by atoms with van der Waals surface area (Å²) < 4.78 is 0. The van der Waals surface area contributed by atoms with Crippen LogP contribution in [-0.4, -0.2) is 23.2 Å². The van der Waals surface area contributed by atoms with Gasteiger partial charge in [-0.25, -0.2) is 0 Å². The van der Waals surface area contributed by atoms with Crippen molar-refractivity contribution >= 4 is 21.6 Å². The van der Waals surface area contributed by atoms with E-state index in [2.05, 4.69) is 6.92 Å². The Morgan fingerprint density at radius 2 is 1.00 bits per heavy atom. The van der Waals surface area contributed by atoms with E-state index in [1.54, 1.807) is 0 Å². The van der Waals surface area contributed by atoms with Gasteiger partial charge in [-0.2, -0.15) is 0 Å². The third-order valence-electron chi connectivity index (χ3n) is 3.30. The minimum atomic E-state index is 0.351. The molecule has 0 aromatic heterocycles. The molecule has 0 aromatic carbocycles. The van der Waals surface area contributed by atoms with Crippen LogP contribution in [0.4, 0.5) is 0 Å². The molecule has 0 aromatic rings. The van der Waals surface area contributed by atoms with Gasteiger partial charge in [0.25, 0.3) is 0 Å². The lowest BCUT2D eigenvalue weighted by molar-refractivity contribution is 0.287. The summed E-state index contributed by atoms with van der Waals surface area (Å²) in [7, 11) is 3.99. The van der Waals surface area contributed by atoms with E-state index in [-0.39, 0.29) is 0 Å². The largest absolute Gasteiger partial charge is 0.396 e. The van der Waals surface area contributed by atoms with Crippen LogP contribution in [0.15, 0.2) is 0 Å². The minimum Gasteiger partial charge on any atom is -0.396 e. The van der Waals surface area contributed by atoms with Gasteiger partial charge in [0.15, 0.2) is 0 Å². The van der Waals surface area contributed by atoms with Crippen molar-refractivity contribution < 1.29 is 5.11 Å². The normalized spacial score (nSPS) is 11.1. The highest BCUT2D eigenvalue weighted by atomic mass is 33.1. The SMILES string of the molecule is CCCCCCCCCCCCSSCCCCO. The summed E-state index contributed by atoms with van der Waals surface area (Å²) >= 11 is 0. The van der Waals surface area contributed by atoms with Gasteiger partial charge in [-0.05, 0) is 19.3 Å². The van der Waals surface area contributed by atoms with Gasteiger partial charge in [0, 0.05) is 18.1 Å². The molecular formula is C16H34OS2. The van der Waals surface area contributed by atoms with E-state index in [0.29, 0.717) is 6.61 Å². The van der Waals surface area contributed by atoms with Crippen LogP contribution in [0.5, 0.6) is 0 Å². The summed E-state index contributed by atoms with van der Waals surface area (Å²) in [6, 6.07) is 0. The van der Waals surface area contributed by atoms with Gasteiger partial charge in [-0.1, -0.05) is 86.3 Å². The lowest BCUT2D eigenvalue weighted by Gasteiger charge is -2.02. The van der Waals surface area contributed by atoms with E-state index in [0.717, 1.165) is 12.8 Å². The van der Waals surface area contributed by atoms with Crippen LogP contribution in [0.1, 0.15) is 84.0 Å². The predicted octanol–water partition coefficient (Wildman–Crippen LogP) is 6.06. The Morgan fingerprint density at radius 3 is 1.47 bits per heavy atom. The van der Waals surface area contributed by atoms with Crippen LogP contribution in [0.3, 0.4) is 0 Å². The first-order chi connectivity index (χ1) is 9.41. The van der Waals surface area contributed by atoms with Crippen LogP contribution < -0.4 is 0 Å². The first-order valence-corrected chi connectivity index (χ1v) is 10.8. The van der Waals surface area contributed by atoms with E-state index in [4.69, 9.17) is 5.11 Å². The number of hydrogen-bond acceptors (Lipinski definition) is 3. The molecule has 0 bridgehead atoms. The molecule has 0 saturated carbocycles. The average Bonchev–Trinajstić information content (AvgIpc) is 2.43. The Labute approximate surface area is 129 Å². The summed E-state index contributed by atoms with van der Waals surface area (Å²) in [6.07, 6.45) is 16.4. The molecule has 0 aliphatic rings. The lowest BCUT2D eigenvalue weighted by atomic mass is 10.1. The number of hydrogen-bond donors (Lipinski definition) is 1. The van der Waals surface area contributed by atoms with Crippen molar-refractivity contribution in [1.29, 1.82) is 0 Å². The van der Waals surface area contributed by atoms with Gasteiger partial charge in [0.1, 0.15) is 0 Å². The number of rotatable bonds is 16. The van der Waals surface area contributed by atoms with E-state index in [1.165, 1.54) is 75.7 Å². The van der Waals surface area contributed by atoms with Crippen molar-refractivity contribution in [1.82, 2.24) is 0 Å². The summed E-state index contributed by atoms with van der Waals surface area (Å²) in [5, 5.41) is 8.65. The molecule has 0 heterocycles. The molecule has 0 radical (unpaired) electrons. The second-order valence-corrected chi connectivity index (χ2v) is 7.96. The lowest BCUT2D eigenvalue weighted by Crippen LogP contribution is -1.85. The zero-order valence-electron chi connectivity index (χ0n) is 12.9. The van der Waals surface area contributed by atoms with Gasteiger partial charge in [0.2, 0.25) is 0 Å². The summed E-state index contributed by atoms with van der Waals surface area (Å²) in [4.78, 5) is 0. The summed E-state index contributed by atoms with van der Waals surface area (Å²) in [6.45, 7) is 2.63. The van der Waals surface area contributed by atoms with Gasteiger partial charge < -0.3 is 5.11 Å². The van der Waals surface area contributed by atoms with Crippen molar-refractivity contribution in [3.05, 3.63) is 0 Å². The molecule has 19 heavy (non-hydrogen) atoms. The first kappa shape index (κ1) is 19.7. The maximum atomic E-state index is 8.65.